The van der Waals surface area contributed by atoms with Gasteiger partial charge in [-0.2, -0.15) is 11.3 Å². The molecule has 2 aromatic rings. The van der Waals surface area contributed by atoms with E-state index in [2.05, 4.69) is 11.4 Å². The van der Waals surface area contributed by atoms with Gasteiger partial charge in [-0.3, -0.25) is 4.79 Å². The smallest absolute Gasteiger partial charge is 0.226 e. The molecule has 3 rings (SSSR count). The largest absolute Gasteiger partial charge is 0.467 e. The maximum atomic E-state index is 12.2. The summed E-state index contributed by atoms with van der Waals surface area (Å²) in [5.41, 5.74) is 1.19. The Hall–Kier alpha value is -1.55. The van der Waals surface area contributed by atoms with Gasteiger partial charge >= 0.3 is 0 Å². The van der Waals surface area contributed by atoms with Crippen LogP contribution in [0.2, 0.25) is 0 Å². The van der Waals surface area contributed by atoms with Crippen LogP contribution in [0.3, 0.4) is 0 Å². The summed E-state index contributed by atoms with van der Waals surface area (Å²) in [6.07, 6.45) is 3.73. The lowest BCUT2D eigenvalue weighted by Gasteiger charge is -2.21. The van der Waals surface area contributed by atoms with E-state index in [9.17, 15) is 4.79 Å². The minimum absolute atomic E-state index is 0.249. The van der Waals surface area contributed by atoms with Gasteiger partial charge in [0, 0.05) is 12.5 Å². The summed E-state index contributed by atoms with van der Waals surface area (Å²) in [6, 6.07) is 5.85. The lowest BCUT2D eigenvalue weighted by atomic mass is 10.2. The molecule has 94 valence electrons. The number of furan rings is 1. The molecule has 0 radical (unpaired) electrons. The fourth-order valence-electron chi connectivity index (χ4n) is 1.99. The first-order chi connectivity index (χ1) is 8.83. The Bertz CT molecular complexity index is 464. The molecule has 4 heteroatoms. The number of nitrogens with zero attached hydrogens (tertiary/aromatic N) is 1. The number of amides is 1. The molecule has 0 spiro atoms. The van der Waals surface area contributed by atoms with Crippen molar-refractivity contribution in [1.82, 2.24) is 4.90 Å². The Balaban J connectivity index is 1.72. The third kappa shape index (κ3) is 2.64. The van der Waals surface area contributed by atoms with Gasteiger partial charge in [0.25, 0.3) is 0 Å². The third-order valence-corrected chi connectivity index (χ3v) is 3.85. The quantitative estimate of drug-likeness (QED) is 0.827. The van der Waals surface area contributed by atoms with E-state index in [0.717, 1.165) is 18.6 Å². The van der Waals surface area contributed by atoms with Gasteiger partial charge < -0.3 is 9.32 Å². The van der Waals surface area contributed by atoms with Gasteiger partial charge in [0.05, 0.1) is 12.8 Å². The predicted molar refractivity (Wildman–Crippen MR) is 70.0 cm³/mol. The van der Waals surface area contributed by atoms with Gasteiger partial charge in [-0.05, 0) is 47.4 Å². The summed E-state index contributed by atoms with van der Waals surface area (Å²) in [5.74, 6) is 1.36. The summed E-state index contributed by atoms with van der Waals surface area (Å²) in [7, 11) is 0. The Morgan fingerprint density at radius 1 is 1.39 bits per heavy atom. The van der Waals surface area contributed by atoms with Gasteiger partial charge in [-0.1, -0.05) is 0 Å². The van der Waals surface area contributed by atoms with E-state index in [4.69, 9.17) is 4.42 Å². The maximum absolute atomic E-state index is 12.2. The van der Waals surface area contributed by atoms with Crippen LogP contribution in [0.25, 0.3) is 0 Å². The Labute approximate surface area is 110 Å². The van der Waals surface area contributed by atoms with Crippen LogP contribution in [-0.4, -0.2) is 10.8 Å². The molecule has 0 N–H and O–H groups in total. The van der Waals surface area contributed by atoms with E-state index in [0.29, 0.717) is 13.1 Å². The van der Waals surface area contributed by atoms with Crippen LogP contribution in [0, 0.1) is 5.92 Å². The number of carbonyl (C=O) groups excluding carboxylic acids is 1. The molecule has 1 aliphatic rings. The second-order valence-electron chi connectivity index (χ2n) is 4.68. The highest BCUT2D eigenvalue weighted by atomic mass is 32.1. The molecule has 0 atom stereocenters. The molecular weight excluding hydrogens is 246 g/mol. The highest BCUT2D eigenvalue weighted by Gasteiger charge is 2.33. The molecule has 0 bridgehead atoms. The summed E-state index contributed by atoms with van der Waals surface area (Å²) in [6.45, 7) is 1.25. The first-order valence-electron chi connectivity index (χ1n) is 6.15. The topological polar surface area (TPSA) is 33.5 Å². The average Bonchev–Trinajstić information content (AvgIpc) is 2.88. The van der Waals surface area contributed by atoms with E-state index in [1.165, 1.54) is 5.56 Å². The molecule has 1 aliphatic carbocycles. The van der Waals surface area contributed by atoms with E-state index < -0.39 is 0 Å². The van der Waals surface area contributed by atoms with E-state index in [1.54, 1.807) is 17.6 Å². The Kier molecular flexibility index (Phi) is 3.19. The SMILES string of the molecule is O=C(C1CC1)N(Cc1ccsc1)Cc1ccco1. The minimum Gasteiger partial charge on any atom is -0.467 e. The predicted octanol–water partition coefficient (Wildman–Crippen LogP) is 3.28. The highest BCUT2D eigenvalue weighted by molar-refractivity contribution is 7.07. The van der Waals surface area contributed by atoms with Crippen LogP contribution in [0.4, 0.5) is 0 Å². The van der Waals surface area contributed by atoms with Gasteiger partial charge in [0.2, 0.25) is 5.91 Å². The maximum Gasteiger partial charge on any atom is 0.226 e. The normalized spacial score (nSPS) is 14.7. The molecule has 2 heterocycles. The molecule has 18 heavy (non-hydrogen) atoms. The van der Waals surface area contributed by atoms with Crippen LogP contribution in [0.1, 0.15) is 24.2 Å². The molecule has 2 aromatic heterocycles. The number of rotatable bonds is 5. The van der Waals surface area contributed by atoms with Crippen molar-refractivity contribution in [2.45, 2.75) is 25.9 Å². The summed E-state index contributed by atoms with van der Waals surface area (Å²) < 4.78 is 5.34. The number of hydrogen-bond donors (Lipinski definition) is 0. The molecular formula is C14H15NO2S. The second-order valence-corrected chi connectivity index (χ2v) is 5.46. The monoisotopic (exact) mass is 261 g/mol. The van der Waals surface area contributed by atoms with Crippen LogP contribution in [0.15, 0.2) is 39.6 Å². The number of carbonyl (C=O) groups is 1. The van der Waals surface area contributed by atoms with Gasteiger partial charge in [-0.25, -0.2) is 0 Å². The van der Waals surface area contributed by atoms with Crippen molar-refractivity contribution >= 4 is 17.2 Å². The van der Waals surface area contributed by atoms with E-state index >= 15 is 0 Å². The van der Waals surface area contributed by atoms with Crippen molar-refractivity contribution in [3.63, 3.8) is 0 Å². The van der Waals surface area contributed by atoms with Crippen LogP contribution >= 0.6 is 11.3 Å². The fourth-order valence-corrected chi connectivity index (χ4v) is 2.65. The van der Waals surface area contributed by atoms with Crippen molar-refractivity contribution in [2.75, 3.05) is 0 Å². The molecule has 0 saturated heterocycles. The van der Waals surface area contributed by atoms with Crippen molar-refractivity contribution in [3.05, 3.63) is 46.5 Å². The minimum atomic E-state index is 0.249. The Morgan fingerprint density at radius 2 is 2.28 bits per heavy atom. The third-order valence-electron chi connectivity index (χ3n) is 3.12. The van der Waals surface area contributed by atoms with Crippen molar-refractivity contribution in [3.8, 4) is 0 Å². The zero-order valence-electron chi connectivity index (χ0n) is 10.0. The summed E-state index contributed by atoms with van der Waals surface area (Å²) in [4.78, 5) is 14.1. The van der Waals surface area contributed by atoms with Crippen molar-refractivity contribution in [2.24, 2.45) is 5.92 Å². The lowest BCUT2D eigenvalue weighted by Crippen LogP contribution is -2.31. The van der Waals surface area contributed by atoms with Gasteiger partial charge in [-0.15, -0.1) is 0 Å². The number of thiophene rings is 1. The second kappa shape index (κ2) is 4.98. The average molecular weight is 261 g/mol. The molecule has 0 unspecified atom stereocenters. The molecule has 1 saturated carbocycles. The zero-order valence-corrected chi connectivity index (χ0v) is 10.9. The van der Waals surface area contributed by atoms with Crippen LogP contribution in [-0.2, 0) is 17.9 Å². The van der Waals surface area contributed by atoms with Crippen molar-refractivity contribution < 1.29 is 9.21 Å². The van der Waals surface area contributed by atoms with Crippen molar-refractivity contribution in [1.29, 1.82) is 0 Å². The van der Waals surface area contributed by atoms with Crippen LogP contribution < -0.4 is 0 Å². The summed E-state index contributed by atoms with van der Waals surface area (Å²) in [5, 5.41) is 4.14. The molecule has 3 nitrogen and oxygen atoms in total. The Morgan fingerprint density at radius 3 is 2.89 bits per heavy atom. The molecule has 1 amide bonds. The fraction of sp³-hybridized carbons (Fsp3) is 0.357. The molecule has 0 aromatic carbocycles. The zero-order chi connectivity index (χ0) is 12.4. The van der Waals surface area contributed by atoms with E-state index in [1.807, 2.05) is 22.4 Å². The number of hydrogen-bond acceptors (Lipinski definition) is 3. The van der Waals surface area contributed by atoms with Crippen LogP contribution in [0.5, 0.6) is 0 Å². The van der Waals surface area contributed by atoms with E-state index in [-0.39, 0.29) is 11.8 Å². The first-order valence-corrected chi connectivity index (χ1v) is 7.09. The highest BCUT2D eigenvalue weighted by Crippen LogP contribution is 2.32. The summed E-state index contributed by atoms with van der Waals surface area (Å²) >= 11 is 1.66. The molecule has 1 fully saturated rings. The standard InChI is InChI=1S/C14H15NO2S/c16-14(12-3-4-12)15(8-11-5-7-18-10-11)9-13-2-1-6-17-13/h1-2,5-7,10,12H,3-4,8-9H2. The van der Waals surface area contributed by atoms with Gasteiger partial charge in [0.1, 0.15) is 5.76 Å². The van der Waals surface area contributed by atoms with Gasteiger partial charge in [0.15, 0.2) is 0 Å². The molecule has 0 aliphatic heterocycles. The lowest BCUT2D eigenvalue weighted by molar-refractivity contribution is -0.134. The first kappa shape index (κ1) is 11.5.